The number of hydrogen-bond acceptors (Lipinski definition) is 6. The summed E-state index contributed by atoms with van der Waals surface area (Å²) in [6.07, 6.45) is 1.34. The number of benzene rings is 2. The lowest BCUT2D eigenvalue weighted by Gasteiger charge is -2.18. The molecular formula is C21H19ClN4O4. The van der Waals surface area contributed by atoms with Crippen LogP contribution in [0.4, 0.5) is 11.4 Å². The lowest BCUT2D eigenvalue weighted by atomic mass is 10.1. The summed E-state index contributed by atoms with van der Waals surface area (Å²) in [5.41, 5.74) is 1.52. The van der Waals surface area contributed by atoms with Gasteiger partial charge < -0.3 is 19.5 Å². The smallest absolute Gasteiger partial charge is 0.259 e. The number of amides is 2. The fourth-order valence-corrected chi connectivity index (χ4v) is 3.51. The van der Waals surface area contributed by atoms with Gasteiger partial charge in [0.15, 0.2) is 6.61 Å². The third-order valence-electron chi connectivity index (χ3n) is 4.63. The van der Waals surface area contributed by atoms with Gasteiger partial charge in [0.05, 0.1) is 16.3 Å². The number of para-hydroxylation sites is 1. The first kappa shape index (κ1) is 19.9. The normalized spacial score (nSPS) is 13.5. The second kappa shape index (κ2) is 8.54. The molecule has 0 aliphatic carbocycles. The molecule has 0 atom stereocenters. The SMILES string of the molecule is Cc1nc(COc2ccccc2C(=O)Nc2ccc(N3CCCC3=O)c(Cl)c2)no1. The van der Waals surface area contributed by atoms with E-state index in [0.29, 0.717) is 52.4 Å². The average molecular weight is 427 g/mol. The average Bonchev–Trinajstić information content (AvgIpc) is 3.34. The number of nitrogens with zero attached hydrogens (tertiary/aromatic N) is 3. The van der Waals surface area contributed by atoms with Crippen LogP contribution in [0.5, 0.6) is 5.75 Å². The second-order valence-corrected chi connectivity index (χ2v) is 7.19. The van der Waals surface area contributed by atoms with Crippen molar-refractivity contribution in [1.82, 2.24) is 10.1 Å². The molecule has 1 saturated heterocycles. The Morgan fingerprint density at radius 1 is 1.30 bits per heavy atom. The van der Waals surface area contributed by atoms with Crippen LogP contribution in [0.1, 0.15) is 34.9 Å². The van der Waals surface area contributed by atoms with Crippen molar-refractivity contribution >= 4 is 34.8 Å². The number of aryl methyl sites for hydroxylation is 1. The molecule has 9 heteroatoms. The Morgan fingerprint density at radius 2 is 2.13 bits per heavy atom. The molecule has 154 valence electrons. The number of carbonyl (C=O) groups excluding carboxylic acids is 2. The van der Waals surface area contributed by atoms with E-state index in [0.717, 1.165) is 6.42 Å². The Morgan fingerprint density at radius 3 is 2.83 bits per heavy atom. The minimum atomic E-state index is -0.351. The lowest BCUT2D eigenvalue weighted by molar-refractivity contribution is -0.117. The van der Waals surface area contributed by atoms with E-state index in [1.165, 1.54) is 0 Å². The van der Waals surface area contributed by atoms with Crippen LogP contribution in [-0.2, 0) is 11.4 Å². The first-order chi connectivity index (χ1) is 14.5. The van der Waals surface area contributed by atoms with E-state index >= 15 is 0 Å². The number of rotatable bonds is 6. The van der Waals surface area contributed by atoms with E-state index < -0.39 is 0 Å². The molecule has 4 rings (SSSR count). The molecule has 2 aromatic carbocycles. The Labute approximate surface area is 177 Å². The summed E-state index contributed by atoms with van der Waals surface area (Å²) in [6.45, 7) is 2.41. The number of carbonyl (C=O) groups is 2. The number of aromatic nitrogens is 2. The van der Waals surface area contributed by atoms with Gasteiger partial charge in [0.2, 0.25) is 17.6 Å². The summed E-state index contributed by atoms with van der Waals surface area (Å²) in [4.78, 5) is 30.5. The molecule has 1 aliphatic heterocycles. The van der Waals surface area contributed by atoms with Gasteiger partial charge in [0, 0.05) is 25.6 Å². The van der Waals surface area contributed by atoms with E-state index in [4.69, 9.17) is 20.9 Å². The lowest BCUT2D eigenvalue weighted by Crippen LogP contribution is -2.24. The molecule has 8 nitrogen and oxygen atoms in total. The molecule has 1 aliphatic rings. The molecule has 0 bridgehead atoms. The number of anilines is 2. The van der Waals surface area contributed by atoms with Crippen LogP contribution in [-0.4, -0.2) is 28.5 Å². The third kappa shape index (κ3) is 4.28. The minimum absolute atomic E-state index is 0.0524. The maximum atomic E-state index is 12.8. The fraction of sp³-hybridized carbons (Fsp3) is 0.238. The molecular weight excluding hydrogens is 408 g/mol. The van der Waals surface area contributed by atoms with Gasteiger partial charge >= 0.3 is 0 Å². The van der Waals surface area contributed by atoms with Crippen molar-refractivity contribution in [2.45, 2.75) is 26.4 Å². The van der Waals surface area contributed by atoms with Crippen molar-refractivity contribution < 1.29 is 18.8 Å². The summed E-state index contributed by atoms with van der Waals surface area (Å²) in [5, 5.41) is 6.99. The highest BCUT2D eigenvalue weighted by molar-refractivity contribution is 6.34. The van der Waals surface area contributed by atoms with E-state index in [-0.39, 0.29) is 18.4 Å². The van der Waals surface area contributed by atoms with Crippen LogP contribution in [0.2, 0.25) is 5.02 Å². The maximum Gasteiger partial charge on any atom is 0.259 e. The van der Waals surface area contributed by atoms with Gasteiger partial charge in [-0.3, -0.25) is 9.59 Å². The zero-order valence-electron chi connectivity index (χ0n) is 16.2. The van der Waals surface area contributed by atoms with Gasteiger partial charge in [-0.15, -0.1) is 0 Å². The van der Waals surface area contributed by atoms with Crippen molar-refractivity contribution in [3.8, 4) is 5.75 Å². The standard InChI is InChI=1S/C21H19ClN4O4/c1-13-23-19(25-30-13)12-29-18-6-3-2-5-15(18)21(28)24-14-8-9-17(16(22)11-14)26-10-4-7-20(26)27/h2-3,5-6,8-9,11H,4,7,10,12H2,1H3,(H,24,28). The minimum Gasteiger partial charge on any atom is -0.485 e. The number of ether oxygens (including phenoxy) is 1. The van der Waals surface area contributed by atoms with Crippen molar-refractivity contribution in [2.75, 3.05) is 16.8 Å². The van der Waals surface area contributed by atoms with E-state index in [1.807, 2.05) is 0 Å². The highest BCUT2D eigenvalue weighted by Crippen LogP contribution is 2.32. The van der Waals surface area contributed by atoms with Crippen molar-refractivity contribution in [1.29, 1.82) is 0 Å². The van der Waals surface area contributed by atoms with Gasteiger partial charge in [0.1, 0.15) is 5.75 Å². The van der Waals surface area contributed by atoms with Crippen LogP contribution < -0.4 is 15.0 Å². The van der Waals surface area contributed by atoms with Gasteiger partial charge in [0.25, 0.3) is 5.91 Å². The van der Waals surface area contributed by atoms with Gasteiger partial charge in [-0.2, -0.15) is 4.98 Å². The largest absolute Gasteiger partial charge is 0.485 e. The third-order valence-corrected chi connectivity index (χ3v) is 4.93. The van der Waals surface area contributed by atoms with Crippen molar-refractivity contribution in [3.63, 3.8) is 0 Å². The first-order valence-electron chi connectivity index (χ1n) is 9.43. The van der Waals surface area contributed by atoms with Crippen LogP contribution in [0.3, 0.4) is 0 Å². The first-order valence-corrected chi connectivity index (χ1v) is 9.81. The molecule has 30 heavy (non-hydrogen) atoms. The molecule has 1 aromatic heterocycles. The van der Waals surface area contributed by atoms with Crippen LogP contribution in [0.15, 0.2) is 47.0 Å². The summed E-state index contributed by atoms with van der Waals surface area (Å²) < 4.78 is 10.6. The predicted molar refractivity (Wildman–Crippen MR) is 111 cm³/mol. The Bertz CT molecular complexity index is 1100. The molecule has 0 radical (unpaired) electrons. The summed E-state index contributed by atoms with van der Waals surface area (Å²) in [6, 6.07) is 12.0. The number of nitrogens with one attached hydrogen (secondary N) is 1. The Hall–Kier alpha value is -3.39. The van der Waals surface area contributed by atoms with E-state index in [9.17, 15) is 9.59 Å². The Balaban J connectivity index is 1.47. The molecule has 3 aromatic rings. The monoisotopic (exact) mass is 426 g/mol. The van der Waals surface area contributed by atoms with Crippen LogP contribution in [0, 0.1) is 6.92 Å². The van der Waals surface area contributed by atoms with Crippen molar-refractivity contribution in [3.05, 3.63) is 64.8 Å². The fourth-order valence-electron chi connectivity index (χ4n) is 3.23. The topological polar surface area (TPSA) is 97.6 Å². The second-order valence-electron chi connectivity index (χ2n) is 6.78. The highest BCUT2D eigenvalue weighted by atomic mass is 35.5. The highest BCUT2D eigenvalue weighted by Gasteiger charge is 2.24. The quantitative estimate of drug-likeness (QED) is 0.640. The summed E-state index contributed by atoms with van der Waals surface area (Å²) in [7, 11) is 0. The Kier molecular flexibility index (Phi) is 5.67. The number of halogens is 1. The van der Waals surface area contributed by atoms with Gasteiger partial charge in [-0.1, -0.05) is 28.9 Å². The molecule has 1 N–H and O–H groups in total. The van der Waals surface area contributed by atoms with Gasteiger partial charge in [-0.05, 0) is 36.8 Å². The zero-order chi connectivity index (χ0) is 21.1. The van der Waals surface area contributed by atoms with Crippen molar-refractivity contribution in [2.24, 2.45) is 0 Å². The van der Waals surface area contributed by atoms with Crippen LogP contribution in [0.25, 0.3) is 0 Å². The molecule has 2 amide bonds. The molecule has 0 saturated carbocycles. The summed E-state index contributed by atoms with van der Waals surface area (Å²) in [5.74, 6) is 0.924. The number of hydrogen-bond donors (Lipinski definition) is 1. The van der Waals surface area contributed by atoms with E-state index in [1.54, 1.807) is 54.3 Å². The summed E-state index contributed by atoms with van der Waals surface area (Å²) >= 11 is 6.36. The molecule has 0 unspecified atom stereocenters. The van der Waals surface area contributed by atoms with Crippen LogP contribution >= 0.6 is 11.6 Å². The zero-order valence-corrected chi connectivity index (χ0v) is 17.0. The predicted octanol–water partition coefficient (Wildman–Crippen LogP) is 3.99. The molecule has 1 fully saturated rings. The van der Waals surface area contributed by atoms with E-state index in [2.05, 4.69) is 15.5 Å². The maximum absolute atomic E-state index is 12.8. The molecule has 2 heterocycles. The molecule has 0 spiro atoms. The van der Waals surface area contributed by atoms with Gasteiger partial charge in [-0.25, -0.2) is 0 Å².